The number of halogens is 3. The van der Waals surface area contributed by atoms with Crippen LogP contribution in [-0.4, -0.2) is 16.4 Å². The molecule has 0 aliphatic carbocycles. The minimum absolute atomic E-state index is 0.128. The summed E-state index contributed by atoms with van der Waals surface area (Å²) in [7, 11) is 0. The number of nitrogens with one attached hydrogen (secondary N) is 1. The molecule has 2 rings (SSSR count). The summed E-state index contributed by atoms with van der Waals surface area (Å²) >= 11 is 3.50. The number of rotatable bonds is 6. The van der Waals surface area contributed by atoms with E-state index in [9.17, 15) is 8.78 Å². The zero-order chi connectivity index (χ0) is 15.4. The molecule has 0 aliphatic rings. The molecule has 7 heteroatoms. The first-order valence-electron chi connectivity index (χ1n) is 6.52. The molecule has 0 saturated carbocycles. The third-order valence-electron chi connectivity index (χ3n) is 3.00. The second kappa shape index (κ2) is 6.89. The van der Waals surface area contributed by atoms with Gasteiger partial charge in [-0.15, -0.1) is 0 Å². The summed E-state index contributed by atoms with van der Waals surface area (Å²) in [6.45, 7) is 2.25. The molecular weight excluding hydrogens is 344 g/mol. The molecule has 1 heterocycles. The predicted octanol–water partition coefficient (Wildman–Crippen LogP) is 4.19. The Hall–Kier alpha value is -1.63. The molecule has 0 spiro atoms. The fourth-order valence-corrected chi connectivity index (χ4v) is 2.45. The Morgan fingerprint density at radius 3 is 2.76 bits per heavy atom. The topological polar surface area (TPSA) is 39.1 Å². The number of hydrogen-bond donors (Lipinski definition) is 1. The first-order chi connectivity index (χ1) is 10.0. The van der Waals surface area contributed by atoms with Gasteiger partial charge in [0.15, 0.2) is 0 Å². The predicted molar refractivity (Wildman–Crippen MR) is 80.7 cm³/mol. The van der Waals surface area contributed by atoms with Crippen molar-refractivity contribution in [1.82, 2.24) is 9.78 Å². The van der Waals surface area contributed by atoms with Crippen LogP contribution in [0.25, 0.3) is 0 Å². The van der Waals surface area contributed by atoms with Gasteiger partial charge in [0.1, 0.15) is 5.75 Å². The number of ether oxygens (including phenoxy) is 1. The Labute approximate surface area is 130 Å². The molecule has 21 heavy (non-hydrogen) atoms. The van der Waals surface area contributed by atoms with E-state index in [0.29, 0.717) is 12.2 Å². The van der Waals surface area contributed by atoms with Crippen molar-refractivity contribution in [3.63, 3.8) is 0 Å². The van der Waals surface area contributed by atoms with Gasteiger partial charge in [-0.25, -0.2) is 0 Å². The van der Waals surface area contributed by atoms with Crippen LogP contribution < -0.4 is 10.1 Å². The summed E-state index contributed by atoms with van der Waals surface area (Å²) in [5, 5.41) is 7.50. The van der Waals surface area contributed by atoms with Gasteiger partial charge in [-0.1, -0.05) is 12.1 Å². The number of alkyl halides is 2. The van der Waals surface area contributed by atoms with Gasteiger partial charge >= 0.3 is 6.61 Å². The minimum Gasteiger partial charge on any atom is -0.433 e. The number of aryl methyl sites for hydroxylation is 2. The molecule has 0 unspecified atom stereocenters. The van der Waals surface area contributed by atoms with Crippen LogP contribution in [0.3, 0.4) is 0 Å². The Morgan fingerprint density at radius 2 is 2.10 bits per heavy atom. The van der Waals surface area contributed by atoms with E-state index in [2.05, 4.69) is 31.1 Å². The molecule has 114 valence electrons. The fraction of sp³-hybridized carbons (Fsp3) is 0.357. The van der Waals surface area contributed by atoms with Crippen LogP contribution in [-0.2, 0) is 13.1 Å². The molecule has 2 aromatic rings. The van der Waals surface area contributed by atoms with Crippen molar-refractivity contribution >= 4 is 21.6 Å². The number of benzene rings is 1. The van der Waals surface area contributed by atoms with Gasteiger partial charge in [0, 0.05) is 6.54 Å². The third kappa shape index (κ3) is 3.72. The van der Waals surface area contributed by atoms with E-state index in [1.54, 1.807) is 18.2 Å². The highest BCUT2D eigenvalue weighted by molar-refractivity contribution is 9.10. The summed E-state index contributed by atoms with van der Waals surface area (Å²) in [6.07, 6.45) is 0. The van der Waals surface area contributed by atoms with Crippen LogP contribution in [0.15, 0.2) is 28.7 Å². The van der Waals surface area contributed by atoms with Gasteiger partial charge < -0.3 is 10.1 Å². The summed E-state index contributed by atoms with van der Waals surface area (Å²) in [6, 6.07) is 6.62. The molecule has 1 aromatic carbocycles. The van der Waals surface area contributed by atoms with Crippen LogP contribution >= 0.6 is 15.9 Å². The molecule has 1 N–H and O–H groups in total. The lowest BCUT2D eigenvalue weighted by molar-refractivity contribution is -0.0493. The van der Waals surface area contributed by atoms with Crippen LogP contribution in [0, 0.1) is 6.92 Å². The van der Waals surface area contributed by atoms with Crippen molar-refractivity contribution in [1.29, 1.82) is 0 Å². The van der Waals surface area contributed by atoms with Crippen molar-refractivity contribution in [2.75, 3.05) is 5.32 Å². The van der Waals surface area contributed by atoms with E-state index in [0.717, 1.165) is 22.4 Å². The minimum atomic E-state index is -2.84. The second-order valence-electron chi connectivity index (χ2n) is 4.39. The van der Waals surface area contributed by atoms with Crippen molar-refractivity contribution in [3.05, 3.63) is 40.1 Å². The van der Waals surface area contributed by atoms with Crippen LogP contribution in [0.4, 0.5) is 14.5 Å². The monoisotopic (exact) mass is 359 g/mol. The lowest BCUT2D eigenvalue weighted by Crippen LogP contribution is -2.10. The number of anilines is 1. The maximum Gasteiger partial charge on any atom is 0.387 e. The standard InChI is InChI=1S/C14H16BrF2N3O/c1-3-20-11(13(15)9(2)19-20)8-18-10-6-4-5-7-12(10)21-14(16)17/h4-7,14,18H,3,8H2,1-2H3. The number of nitrogens with zero attached hydrogens (tertiary/aromatic N) is 2. The van der Waals surface area contributed by atoms with Crippen molar-refractivity contribution in [3.8, 4) is 5.75 Å². The average molecular weight is 360 g/mol. The van der Waals surface area contributed by atoms with Gasteiger partial charge in [-0.2, -0.15) is 13.9 Å². The van der Waals surface area contributed by atoms with Gasteiger partial charge in [-0.3, -0.25) is 4.68 Å². The van der Waals surface area contributed by atoms with Crippen molar-refractivity contribution in [2.24, 2.45) is 0 Å². The number of aromatic nitrogens is 2. The maximum absolute atomic E-state index is 12.4. The van der Waals surface area contributed by atoms with E-state index in [1.807, 2.05) is 18.5 Å². The van der Waals surface area contributed by atoms with E-state index < -0.39 is 6.61 Å². The first kappa shape index (κ1) is 15.8. The highest BCUT2D eigenvalue weighted by atomic mass is 79.9. The normalized spacial score (nSPS) is 11.0. The molecule has 0 amide bonds. The Kier molecular flexibility index (Phi) is 5.17. The summed E-state index contributed by atoms with van der Waals surface area (Å²) in [4.78, 5) is 0. The molecule has 0 fully saturated rings. The lowest BCUT2D eigenvalue weighted by Gasteiger charge is -2.13. The van der Waals surface area contributed by atoms with E-state index in [4.69, 9.17) is 0 Å². The first-order valence-corrected chi connectivity index (χ1v) is 7.31. The maximum atomic E-state index is 12.4. The molecule has 0 bridgehead atoms. The quantitative estimate of drug-likeness (QED) is 0.840. The number of hydrogen-bond acceptors (Lipinski definition) is 3. The van der Waals surface area contributed by atoms with Crippen LogP contribution in [0.1, 0.15) is 18.3 Å². The van der Waals surface area contributed by atoms with Gasteiger partial charge in [0.05, 0.1) is 28.1 Å². The lowest BCUT2D eigenvalue weighted by atomic mass is 10.3. The molecule has 0 saturated heterocycles. The van der Waals surface area contributed by atoms with E-state index >= 15 is 0 Å². The van der Waals surface area contributed by atoms with E-state index in [-0.39, 0.29) is 5.75 Å². The summed E-state index contributed by atoms with van der Waals surface area (Å²) in [5.41, 5.74) is 2.37. The Morgan fingerprint density at radius 1 is 1.38 bits per heavy atom. The summed E-state index contributed by atoms with van der Waals surface area (Å²) < 4.78 is 32.0. The smallest absolute Gasteiger partial charge is 0.387 e. The number of para-hydroxylation sites is 2. The second-order valence-corrected chi connectivity index (χ2v) is 5.18. The van der Waals surface area contributed by atoms with Crippen molar-refractivity contribution in [2.45, 2.75) is 33.5 Å². The largest absolute Gasteiger partial charge is 0.433 e. The van der Waals surface area contributed by atoms with Crippen LogP contribution in [0.5, 0.6) is 5.75 Å². The molecule has 0 radical (unpaired) electrons. The SMILES string of the molecule is CCn1nc(C)c(Br)c1CNc1ccccc1OC(F)F. The van der Waals surface area contributed by atoms with Crippen LogP contribution in [0.2, 0.25) is 0 Å². The fourth-order valence-electron chi connectivity index (χ4n) is 2.03. The van der Waals surface area contributed by atoms with E-state index in [1.165, 1.54) is 6.07 Å². The van der Waals surface area contributed by atoms with Gasteiger partial charge in [0.25, 0.3) is 0 Å². The highest BCUT2D eigenvalue weighted by Gasteiger charge is 2.13. The molecule has 0 aliphatic heterocycles. The van der Waals surface area contributed by atoms with Gasteiger partial charge in [-0.05, 0) is 41.9 Å². The van der Waals surface area contributed by atoms with Gasteiger partial charge in [0.2, 0.25) is 0 Å². The van der Waals surface area contributed by atoms with Crippen molar-refractivity contribution < 1.29 is 13.5 Å². The molecule has 0 atom stereocenters. The average Bonchev–Trinajstić information content (AvgIpc) is 2.73. The highest BCUT2D eigenvalue weighted by Crippen LogP contribution is 2.27. The molecule has 1 aromatic heterocycles. The Balaban J connectivity index is 2.17. The summed E-state index contributed by atoms with van der Waals surface area (Å²) in [5.74, 6) is 0.128. The molecule has 4 nitrogen and oxygen atoms in total. The third-order valence-corrected chi connectivity index (χ3v) is 4.03. The Bertz CT molecular complexity index is 616. The zero-order valence-electron chi connectivity index (χ0n) is 11.7. The zero-order valence-corrected chi connectivity index (χ0v) is 13.3. The molecular formula is C14H16BrF2N3O.